The molecule has 0 aliphatic carbocycles. The van der Waals surface area contributed by atoms with Crippen molar-refractivity contribution in [1.29, 1.82) is 0 Å². The molecule has 0 unspecified atom stereocenters. The number of benzene rings is 2. The minimum Gasteiger partial charge on any atom is -0.0840 e. The van der Waals surface area contributed by atoms with Crippen LogP contribution in [0.25, 0.3) is 0 Å². The predicted molar refractivity (Wildman–Crippen MR) is 85.8 cm³/mol. The summed E-state index contributed by atoms with van der Waals surface area (Å²) >= 11 is 36.0. The van der Waals surface area contributed by atoms with E-state index in [2.05, 4.69) is 0 Å². The highest BCUT2D eigenvalue weighted by atomic mass is 35.5. The number of hydrogen-bond acceptors (Lipinski definition) is 0. The van der Waals surface area contributed by atoms with Gasteiger partial charge in [0.25, 0.3) is 0 Å². The second kappa shape index (κ2) is 6.30. The summed E-state index contributed by atoms with van der Waals surface area (Å²) in [5.41, 5.74) is 1.63. The van der Waals surface area contributed by atoms with E-state index in [4.69, 9.17) is 69.6 Å². The number of halogens is 6. The van der Waals surface area contributed by atoms with Crippen molar-refractivity contribution in [3.05, 3.63) is 65.5 Å². The summed E-state index contributed by atoms with van der Waals surface area (Å²) in [7, 11) is 0. The summed E-state index contributed by atoms with van der Waals surface area (Å²) in [6, 6.07) is 6.63. The smallest absolute Gasteiger partial charge is 0.0607 e. The van der Waals surface area contributed by atoms with Crippen LogP contribution in [-0.2, 0) is 6.42 Å². The van der Waals surface area contributed by atoms with Crippen molar-refractivity contribution < 1.29 is 0 Å². The molecule has 2 aromatic carbocycles. The van der Waals surface area contributed by atoms with E-state index in [9.17, 15) is 0 Å². The maximum atomic E-state index is 6.13. The molecule has 0 atom stereocenters. The second-order valence-corrected chi connectivity index (χ2v) is 6.34. The normalized spacial score (nSPS) is 10.8. The van der Waals surface area contributed by atoms with Crippen LogP contribution >= 0.6 is 69.6 Å². The number of rotatable bonds is 2. The van der Waals surface area contributed by atoms with Crippen LogP contribution in [0.4, 0.5) is 0 Å². The van der Waals surface area contributed by atoms with Crippen molar-refractivity contribution in [3.8, 4) is 0 Å². The average Bonchev–Trinajstić information content (AvgIpc) is 2.32. The Kier molecular flexibility index (Phi) is 5.16. The Labute approximate surface area is 141 Å². The van der Waals surface area contributed by atoms with E-state index in [1.165, 1.54) is 0 Å². The molecular formula is C13H6Cl6. The van der Waals surface area contributed by atoms with E-state index >= 15 is 0 Å². The van der Waals surface area contributed by atoms with Crippen LogP contribution in [0.5, 0.6) is 0 Å². The lowest BCUT2D eigenvalue weighted by Gasteiger charge is -2.09. The molecule has 0 radical (unpaired) electrons. The largest absolute Gasteiger partial charge is 0.0840 e. The Morgan fingerprint density at radius 3 is 1.16 bits per heavy atom. The van der Waals surface area contributed by atoms with Gasteiger partial charge in [-0.15, -0.1) is 0 Å². The first-order valence-electron chi connectivity index (χ1n) is 5.15. The van der Waals surface area contributed by atoms with Gasteiger partial charge in [0.1, 0.15) is 0 Å². The van der Waals surface area contributed by atoms with Crippen LogP contribution in [0.2, 0.25) is 30.1 Å². The van der Waals surface area contributed by atoms with Gasteiger partial charge >= 0.3 is 0 Å². The highest BCUT2D eigenvalue weighted by molar-refractivity contribution is 6.44. The molecule has 100 valence electrons. The summed E-state index contributed by atoms with van der Waals surface area (Å²) in [5, 5.41) is 2.76. The molecule has 0 aliphatic heterocycles. The summed E-state index contributed by atoms with van der Waals surface area (Å²) in [4.78, 5) is 0. The van der Waals surface area contributed by atoms with Gasteiger partial charge < -0.3 is 0 Å². The van der Waals surface area contributed by atoms with Gasteiger partial charge in [-0.05, 0) is 35.4 Å². The monoisotopic (exact) mass is 372 g/mol. The van der Waals surface area contributed by atoms with Gasteiger partial charge in [-0.3, -0.25) is 0 Å². The fourth-order valence-corrected chi connectivity index (χ4v) is 2.88. The molecule has 0 saturated heterocycles. The van der Waals surface area contributed by atoms with Crippen molar-refractivity contribution in [1.82, 2.24) is 0 Å². The van der Waals surface area contributed by atoms with E-state index in [0.717, 1.165) is 11.1 Å². The average molecular weight is 375 g/mol. The topological polar surface area (TPSA) is 0 Å². The maximum Gasteiger partial charge on any atom is 0.0607 e. The summed E-state index contributed by atoms with van der Waals surface area (Å²) < 4.78 is 0. The minimum absolute atomic E-state index is 0.413. The van der Waals surface area contributed by atoms with Crippen LogP contribution in [0, 0.1) is 0 Å². The van der Waals surface area contributed by atoms with E-state index in [1.54, 1.807) is 24.3 Å². The van der Waals surface area contributed by atoms with Crippen LogP contribution in [-0.4, -0.2) is 0 Å². The summed E-state index contributed by atoms with van der Waals surface area (Å²) in [5.74, 6) is 0. The molecule has 0 amide bonds. The standard InChI is InChI=1S/C13H6Cl6/c14-8-4-12(18)10(16)2-6(8)1-7-3-11(17)13(19)5-9(7)15/h2-5H,1H2. The SMILES string of the molecule is Clc1cc(Cl)c(Cc2cc(Cl)c(Cl)cc2Cl)cc1Cl. The fraction of sp³-hybridized carbons (Fsp3) is 0.0769. The molecule has 0 fully saturated rings. The highest BCUT2D eigenvalue weighted by Gasteiger charge is 2.11. The Morgan fingerprint density at radius 2 is 0.789 bits per heavy atom. The second-order valence-electron chi connectivity index (χ2n) is 3.89. The molecule has 2 rings (SSSR count). The van der Waals surface area contributed by atoms with E-state index < -0.39 is 0 Å². The van der Waals surface area contributed by atoms with Crippen molar-refractivity contribution in [3.63, 3.8) is 0 Å². The summed E-state index contributed by atoms with van der Waals surface area (Å²) in [6.07, 6.45) is 0.492. The third-order valence-electron chi connectivity index (χ3n) is 2.56. The zero-order valence-corrected chi connectivity index (χ0v) is 13.8. The highest BCUT2D eigenvalue weighted by Crippen LogP contribution is 2.34. The van der Waals surface area contributed by atoms with Gasteiger partial charge in [-0.2, -0.15) is 0 Å². The lowest BCUT2D eigenvalue weighted by molar-refractivity contribution is 1.19. The first-order chi connectivity index (χ1) is 8.88. The Hall–Kier alpha value is 0.180. The minimum atomic E-state index is 0.413. The van der Waals surface area contributed by atoms with Gasteiger partial charge in [0.05, 0.1) is 20.1 Å². The molecule has 0 aromatic heterocycles. The van der Waals surface area contributed by atoms with Crippen molar-refractivity contribution in [2.45, 2.75) is 6.42 Å². The summed E-state index contributed by atoms with van der Waals surface area (Å²) in [6.45, 7) is 0. The molecule has 6 heteroatoms. The first-order valence-corrected chi connectivity index (χ1v) is 7.42. The lowest BCUT2D eigenvalue weighted by atomic mass is 10.0. The van der Waals surface area contributed by atoms with Gasteiger partial charge in [-0.1, -0.05) is 69.6 Å². The Balaban J connectivity index is 2.42. The van der Waals surface area contributed by atoms with Crippen molar-refractivity contribution >= 4 is 69.6 Å². The van der Waals surface area contributed by atoms with Crippen LogP contribution < -0.4 is 0 Å². The Bertz CT molecular complexity index is 580. The molecule has 0 nitrogen and oxygen atoms in total. The van der Waals surface area contributed by atoms with Gasteiger partial charge in [0.15, 0.2) is 0 Å². The van der Waals surface area contributed by atoms with Gasteiger partial charge in [0, 0.05) is 16.5 Å². The molecule has 19 heavy (non-hydrogen) atoms. The molecule has 0 spiro atoms. The van der Waals surface area contributed by atoms with Crippen LogP contribution in [0.3, 0.4) is 0 Å². The van der Waals surface area contributed by atoms with Gasteiger partial charge in [0.2, 0.25) is 0 Å². The molecule has 0 saturated carbocycles. The zero-order chi connectivity index (χ0) is 14.2. The molecule has 0 N–H and O–H groups in total. The van der Waals surface area contributed by atoms with E-state index in [-0.39, 0.29) is 0 Å². The third kappa shape index (κ3) is 3.64. The zero-order valence-electron chi connectivity index (χ0n) is 9.28. The van der Waals surface area contributed by atoms with Crippen molar-refractivity contribution in [2.75, 3.05) is 0 Å². The first kappa shape index (κ1) is 15.6. The number of hydrogen-bond donors (Lipinski definition) is 0. The predicted octanol–water partition coefficient (Wildman–Crippen LogP) is 7.20. The fourth-order valence-electron chi connectivity index (χ4n) is 1.60. The molecule has 0 aliphatic rings. The van der Waals surface area contributed by atoms with Crippen LogP contribution in [0.1, 0.15) is 11.1 Å². The lowest BCUT2D eigenvalue weighted by Crippen LogP contribution is -1.92. The molecule has 2 aromatic rings. The Morgan fingerprint density at radius 1 is 0.474 bits per heavy atom. The maximum absolute atomic E-state index is 6.13. The van der Waals surface area contributed by atoms with Gasteiger partial charge in [-0.25, -0.2) is 0 Å². The molecule has 0 bridgehead atoms. The van der Waals surface area contributed by atoms with E-state index in [1.807, 2.05) is 0 Å². The third-order valence-corrected chi connectivity index (χ3v) is 4.71. The molecular weight excluding hydrogens is 369 g/mol. The molecule has 0 heterocycles. The van der Waals surface area contributed by atoms with Crippen LogP contribution in [0.15, 0.2) is 24.3 Å². The van der Waals surface area contributed by atoms with E-state index in [0.29, 0.717) is 36.6 Å². The van der Waals surface area contributed by atoms with Crippen molar-refractivity contribution in [2.24, 2.45) is 0 Å². The quantitative estimate of drug-likeness (QED) is 0.487.